The number of anilines is 2. The first-order chi connectivity index (χ1) is 12.3. The first-order valence-corrected chi connectivity index (χ1v) is 8.13. The predicted octanol–water partition coefficient (Wildman–Crippen LogP) is 3.43. The van der Waals surface area contributed by atoms with E-state index in [9.17, 15) is 14.0 Å². The third kappa shape index (κ3) is 5.94. The van der Waals surface area contributed by atoms with Crippen LogP contribution in [0.2, 0.25) is 0 Å². The van der Waals surface area contributed by atoms with Gasteiger partial charge in [-0.2, -0.15) is 0 Å². The minimum Gasteiger partial charge on any atom is -0.495 e. The van der Waals surface area contributed by atoms with Crippen LogP contribution in [0.15, 0.2) is 42.5 Å². The van der Waals surface area contributed by atoms with Gasteiger partial charge in [-0.15, -0.1) is 12.4 Å². The Labute approximate surface area is 163 Å². The van der Waals surface area contributed by atoms with E-state index in [0.29, 0.717) is 17.1 Å². The molecule has 0 aliphatic rings. The van der Waals surface area contributed by atoms with Crippen LogP contribution in [0.5, 0.6) is 5.75 Å². The highest BCUT2D eigenvalue weighted by atomic mass is 35.5. The van der Waals surface area contributed by atoms with E-state index >= 15 is 0 Å². The molecule has 0 saturated carbocycles. The predicted molar refractivity (Wildman–Crippen MR) is 106 cm³/mol. The number of amides is 2. The molecule has 0 aromatic heterocycles. The quantitative estimate of drug-likeness (QED) is 0.698. The lowest BCUT2D eigenvalue weighted by Gasteiger charge is -2.17. The molecular formula is C19H23ClFN3O3. The van der Waals surface area contributed by atoms with Crippen LogP contribution in [0.3, 0.4) is 0 Å². The third-order valence-electron chi connectivity index (χ3n) is 4.00. The van der Waals surface area contributed by atoms with Gasteiger partial charge in [-0.3, -0.25) is 9.59 Å². The Kier molecular flexibility index (Phi) is 8.21. The molecular weight excluding hydrogens is 373 g/mol. The second-order valence-corrected chi connectivity index (χ2v) is 6.02. The van der Waals surface area contributed by atoms with Gasteiger partial charge in [0.2, 0.25) is 5.91 Å². The fraction of sp³-hybridized carbons (Fsp3) is 0.263. The van der Waals surface area contributed by atoms with Gasteiger partial charge in [0.15, 0.2) is 0 Å². The number of benzene rings is 2. The topological polar surface area (TPSA) is 93.4 Å². The van der Waals surface area contributed by atoms with Crippen molar-refractivity contribution in [3.8, 4) is 5.75 Å². The van der Waals surface area contributed by atoms with E-state index in [1.54, 1.807) is 32.0 Å². The van der Waals surface area contributed by atoms with E-state index in [4.69, 9.17) is 10.5 Å². The lowest BCUT2D eigenvalue weighted by molar-refractivity contribution is -0.119. The SMILES string of the molecule is COc1ccc(NC(=O)C(C)C(C)N)cc1NC(=O)c1cccc(F)c1.Cl. The monoisotopic (exact) mass is 395 g/mol. The number of methoxy groups -OCH3 is 1. The summed E-state index contributed by atoms with van der Waals surface area (Å²) < 4.78 is 18.5. The van der Waals surface area contributed by atoms with Crippen LogP contribution in [-0.2, 0) is 4.79 Å². The van der Waals surface area contributed by atoms with Crippen molar-refractivity contribution < 1.29 is 18.7 Å². The van der Waals surface area contributed by atoms with Crippen LogP contribution in [0.1, 0.15) is 24.2 Å². The number of hydrogen-bond donors (Lipinski definition) is 3. The Balaban J connectivity index is 0.00000364. The standard InChI is InChI=1S/C19H22FN3O3.ClH/c1-11(12(2)21)18(24)22-15-7-8-17(26-3)16(10-15)23-19(25)13-5-4-6-14(20)9-13;/h4-12H,21H2,1-3H3,(H,22,24)(H,23,25);1H. The summed E-state index contributed by atoms with van der Waals surface area (Å²) in [5.74, 6) is -1.19. The van der Waals surface area contributed by atoms with E-state index in [0.717, 1.165) is 6.07 Å². The number of nitrogens with two attached hydrogens (primary N) is 1. The van der Waals surface area contributed by atoms with Gasteiger partial charge in [-0.25, -0.2) is 4.39 Å². The van der Waals surface area contributed by atoms with Crippen molar-refractivity contribution in [1.29, 1.82) is 0 Å². The molecule has 0 radical (unpaired) electrons. The Bertz CT molecular complexity index is 815. The van der Waals surface area contributed by atoms with Gasteiger partial charge in [0.05, 0.1) is 18.7 Å². The van der Waals surface area contributed by atoms with E-state index in [1.165, 1.54) is 25.3 Å². The largest absolute Gasteiger partial charge is 0.495 e. The molecule has 8 heteroatoms. The molecule has 0 heterocycles. The molecule has 0 aliphatic heterocycles. The molecule has 2 unspecified atom stereocenters. The zero-order valence-corrected chi connectivity index (χ0v) is 16.1. The number of rotatable bonds is 6. The summed E-state index contributed by atoms with van der Waals surface area (Å²) in [4.78, 5) is 24.5. The van der Waals surface area contributed by atoms with Gasteiger partial charge < -0.3 is 21.1 Å². The molecule has 27 heavy (non-hydrogen) atoms. The smallest absolute Gasteiger partial charge is 0.255 e. The molecule has 2 aromatic carbocycles. The molecule has 6 nitrogen and oxygen atoms in total. The number of ether oxygens (including phenoxy) is 1. The van der Waals surface area contributed by atoms with E-state index in [2.05, 4.69) is 10.6 Å². The van der Waals surface area contributed by atoms with E-state index < -0.39 is 11.7 Å². The van der Waals surface area contributed by atoms with Gasteiger partial charge in [0.1, 0.15) is 11.6 Å². The van der Waals surface area contributed by atoms with Crippen molar-refractivity contribution in [3.63, 3.8) is 0 Å². The van der Waals surface area contributed by atoms with Crippen LogP contribution in [0, 0.1) is 11.7 Å². The summed E-state index contributed by atoms with van der Waals surface area (Å²) in [7, 11) is 1.46. The maximum absolute atomic E-state index is 13.3. The summed E-state index contributed by atoms with van der Waals surface area (Å²) in [5.41, 5.74) is 6.75. The maximum Gasteiger partial charge on any atom is 0.255 e. The number of halogens is 2. The molecule has 2 rings (SSSR count). The Morgan fingerprint density at radius 2 is 1.81 bits per heavy atom. The van der Waals surface area contributed by atoms with Gasteiger partial charge >= 0.3 is 0 Å². The van der Waals surface area contributed by atoms with Crippen LogP contribution >= 0.6 is 12.4 Å². The summed E-state index contributed by atoms with van der Waals surface area (Å²) in [6, 6.07) is 9.90. The van der Waals surface area contributed by atoms with Gasteiger partial charge in [-0.1, -0.05) is 13.0 Å². The Morgan fingerprint density at radius 1 is 1.11 bits per heavy atom. The average Bonchev–Trinajstić information content (AvgIpc) is 2.61. The molecule has 146 valence electrons. The zero-order valence-electron chi connectivity index (χ0n) is 15.3. The lowest BCUT2D eigenvalue weighted by atomic mass is 10.0. The fourth-order valence-electron chi connectivity index (χ4n) is 2.20. The molecule has 0 spiro atoms. The molecule has 2 aromatic rings. The first-order valence-electron chi connectivity index (χ1n) is 8.13. The Hall–Kier alpha value is -2.64. The summed E-state index contributed by atoms with van der Waals surface area (Å²) in [6.45, 7) is 3.49. The number of nitrogens with one attached hydrogen (secondary N) is 2. The van der Waals surface area contributed by atoms with Crippen LogP contribution in [0.4, 0.5) is 15.8 Å². The average molecular weight is 396 g/mol. The van der Waals surface area contributed by atoms with Crippen molar-refractivity contribution >= 4 is 35.6 Å². The van der Waals surface area contributed by atoms with Crippen molar-refractivity contribution in [1.82, 2.24) is 0 Å². The molecule has 2 atom stereocenters. The van der Waals surface area contributed by atoms with E-state index in [1.807, 2.05) is 0 Å². The summed E-state index contributed by atoms with van der Waals surface area (Å²) in [6.07, 6.45) is 0. The normalized spacial score (nSPS) is 12.3. The fourth-order valence-corrected chi connectivity index (χ4v) is 2.20. The highest BCUT2D eigenvalue weighted by Gasteiger charge is 2.18. The highest BCUT2D eigenvalue weighted by molar-refractivity contribution is 6.05. The second kappa shape index (κ2) is 9.89. The summed E-state index contributed by atoms with van der Waals surface area (Å²) in [5, 5.41) is 5.42. The molecule has 0 fully saturated rings. The lowest BCUT2D eigenvalue weighted by Crippen LogP contribution is -2.34. The van der Waals surface area contributed by atoms with Crippen LogP contribution < -0.4 is 21.1 Å². The van der Waals surface area contributed by atoms with Crippen molar-refractivity contribution in [3.05, 3.63) is 53.8 Å². The maximum atomic E-state index is 13.3. The molecule has 0 bridgehead atoms. The van der Waals surface area contributed by atoms with Gasteiger partial charge in [0, 0.05) is 17.3 Å². The van der Waals surface area contributed by atoms with E-state index in [-0.39, 0.29) is 35.8 Å². The van der Waals surface area contributed by atoms with Gasteiger partial charge in [0.25, 0.3) is 5.91 Å². The number of carbonyl (C=O) groups excluding carboxylic acids is 2. The molecule has 0 aliphatic carbocycles. The molecule has 4 N–H and O–H groups in total. The van der Waals surface area contributed by atoms with Crippen LogP contribution in [0.25, 0.3) is 0 Å². The van der Waals surface area contributed by atoms with Crippen LogP contribution in [-0.4, -0.2) is 25.0 Å². The van der Waals surface area contributed by atoms with Crippen molar-refractivity contribution in [2.75, 3.05) is 17.7 Å². The third-order valence-corrected chi connectivity index (χ3v) is 4.00. The second-order valence-electron chi connectivity index (χ2n) is 6.02. The zero-order chi connectivity index (χ0) is 19.3. The highest BCUT2D eigenvalue weighted by Crippen LogP contribution is 2.28. The molecule has 2 amide bonds. The van der Waals surface area contributed by atoms with Crippen molar-refractivity contribution in [2.24, 2.45) is 11.7 Å². The van der Waals surface area contributed by atoms with Gasteiger partial charge in [-0.05, 0) is 43.3 Å². The number of hydrogen-bond acceptors (Lipinski definition) is 4. The Morgan fingerprint density at radius 3 is 2.41 bits per heavy atom. The minimum absolute atomic E-state index is 0. The molecule has 0 saturated heterocycles. The first kappa shape index (κ1) is 22.4. The van der Waals surface area contributed by atoms with Crippen molar-refractivity contribution in [2.45, 2.75) is 19.9 Å². The summed E-state index contributed by atoms with van der Waals surface area (Å²) >= 11 is 0. The number of carbonyl (C=O) groups is 2. The minimum atomic E-state index is -0.504.